The molecule has 2 rings (SSSR count). The lowest BCUT2D eigenvalue weighted by Gasteiger charge is -2.32. The summed E-state index contributed by atoms with van der Waals surface area (Å²) in [6, 6.07) is 6.47. The van der Waals surface area contributed by atoms with Crippen LogP contribution in [0, 0.1) is 5.82 Å². The van der Waals surface area contributed by atoms with E-state index in [1.807, 2.05) is 0 Å². The molecule has 23 heavy (non-hydrogen) atoms. The molecule has 1 saturated heterocycles. The van der Waals surface area contributed by atoms with E-state index in [1.54, 1.807) is 30.9 Å². The topological polar surface area (TPSA) is 46.6 Å². The second-order valence-electron chi connectivity index (χ2n) is 6.60. The molecule has 126 valence electrons. The fourth-order valence-corrected chi connectivity index (χ4v) is 3.12. The van der Waals surface area contributed by atoms with Gasteiger partial charge in [0.1, 0.15) is 5.82 Å². The van der Waals surface area contributed by atoms with E-state index in [4.69, 9.17) is 4.74 Å². The Morgan fingerprint density at radius 3 is 2.48 bits per heavy atom. The van der Waals surface area contributed by atoms with Gasteiger partial charge in [-0.05, 0) is 44.4 Å². The SMILES string of the molecule is CC(=O)OC(C)(C)C(=O)N1CCCCC(c2ccc(F)cc2)C1. The van der Waals surface area contributed by atoms with Crippen LogP contribution in [0.1, 0.15) is 51.5 Å². The largest absolute Gasteiger partial charge is 0.450 e. The van der Waals surface area contributed by atoms with Gasteiger partial charge in [0.15, 0.2) is 5.60 Å². The van der Waals surface area contributed by atoms with Gasteiger partial charge in [-0.3, -0.25) is 9.59 Å². The highest BCUT2D eigenvalue weighted by Gasteiger charge is 2.36. The van der Waals surface area contributed by atoms with E-state index in [-0.39, 0.29) is 17.6 Å². The molecule has 0 aromatic heterocycles. The number of carbonyl (C=O) groups is 2. The van der Waals surface area contributed by atoms with E-state index in [2.05, 4.69) is 0 Å². The molecule has 1 heterocycles. The van der Waals surface area contributed by atoms with Crippen LogP contribution in [0.15, 0.2) is 24.3 Å². The Hall–Kier alpha value is -1.91. The molecular formula is C18H24FNO3. The number of likely N-dealkylation sites (tertiary alicyclic amines) is 1. The lowest BCUT2D eigenvalue weighted by Crippen LogP contribution is -2.48. The summed E-state index contributed by atoms with van der Waals surface area (Å²) in [5.41, 5.74) is -0.125. The third-order valence-electron chi connectivity index (χ3n) is 4.21. The van der Waals surface area contributed by atoms with Crippen LogP contribution in [0.4, 0.5) is 4.39 Å². The highest BCUT2D eigenvalue weighted by Crippen LogP contribution is 2.28. The van der Waals surface area contributed by atoms with Gasteiger partial charge in [-0.25, -0.2) is 4.39 Å². The normalized spacial score (nSPS) is 19.1. The molecule has 1 aliphatic heterocycles. The molecule has 5 heteroatoms. The zero-order valence-corrected chi connectivity index (χ0v) is 14.0. The van der Waals surface area contributed by atoms with Crippen LogP contribution in [0.25, 0.3) is 0 Å². The molecule has 1 fully saturated rings. The lowest BCUT2D eigenvalue weighted by molar-refractivity contribution is -0.168. The van der Waals surface area contributed by atoms with Gasteiger partial charge in [-0.15, -0.1) is 0 Å². The van der Waals surface area contributed by atoms with E-state index in [9.17, 15) is 14.0 Å². The van der Waals surface area contributed by atoms with Crippen molar-refractivity contribution in [3.8, 4) is 0 Å². The molecule has 1 atom stereocenters. The highest BCUT2D eigenvalue weighted by atomic mass is 19.1. The number of hydrogen-bond donors (Lipinski definition) is 0. The van der Waals surface area contributed by atoms with Gasteiger partial charge in [0.25, 0.3) is 5.91 Å². The Bertz CT molecular complexity index is 568. The monoisotopic (exact) mass is 321 g/mol. The minimum atomic E-state index is -1.16. The van der Waals surface area contributed by atoms with Crippen molar-refractivity contribution in [3.63, 3.8) is 0 Å². The van der Waals surface area contributed by atoms with Crippen molar-refractivity contribution >= 4 is 11.9 Å². The highest BCUT2D eigenvalue weighted by molar-refractivity contribution is 5.86. The second kappa shape index (κ2) is 7.11. The molecule has 1 aliphatic rings. The molecule has 0 saturated carbocycles. The molecule has 1 aromatic carbocycles. The average Bonchev–Trinajstić information content (AvgIpc) is 2.72. The number of ether oxygens (including phenoxy) is 1. The van der Waals surface area contributed by atoms with Gasteiger partial charge in [0.05, 0.1) is 0 Å². The minimum absolute atomic E-state index is 0.176. The maximum absolute atomic E-state index is 13.1. The fourth-order valence-electron chi connectivity index (χ4n) is 3.12. The third kappa shape index (κ3) is 4.53. The number of nitrogens with zero attached hydrogens (tertiary/aromatic N) is 1. The zero-order chi connectivity index (χ0) is 17.0. The maximum Gasteiger partial charge on any atom is 0.303 e. The summed E-state index contributed by atoms with van der Waals surface area (Å²) in [7, 11) is 0. The maximum atomic E-state index is 13.1. The molecular weight excluding hydrogens is 297 g/mol. The quantitative estimate of drug-likeness (QED) is 0.803. The lowest BCUT2D eigenvalue weighted by atomic mass is 9.94. The van der Waals surface area contributed by atoms with E-state index >= 15 is 0 Å². The number of esters is 1. The molecule has 0 aliphatic carbocycles. The summed E-state index contributed by atoms with van der Waals surface area (Å²) in [4.78, 5) is 25.7. The first kappa shape index (κ1) is 17.4. The van der Waals surface area contributed by atoms with Crippen molar-refractivity contribution in [2.45, 2.75) is 51.6 Å². The standard InChI is InChI=1S/C18H24FNO3/c1-13(21)23-18(2,3)17(22)20-11-5-4-6-15(12-20)14-7-9-16(19)10-8-14/h7-10,15H,4-6,11-12H2,1-3H3. The predicted octanol–water partition coefficient (Wildman–Crippen LogP) is 3.26. The number of hydrogen-bond acceptors (Lipinski definition) is 3. The molecule has 0 bridgehead atoms. The van der Waals surface area contributed by atoms with Crippen molar-refractivity contribution in [1.82, 2.24) is 4.90 Å². The number of benzene rings is 1. The van der Waals surface area contributed by atoms with Crippen LogP contribution >= 0.6 is 0 Å². The van der Waals surface area contributed by atoms with E-state index < -0.39 is 11.6 Å². The van der Waals surface area contributed by atoms with E-state index in [1.165, 1.54) is 19.1 Å². The van der Waals surface area contributed by atoms with Gasteiger partial charge in [-0.1, -0.05) is 18.6 Å². The van der Waals surface area contributed by atoms with Crippen LogP contribution in [0.2, 0.25) is 0 Å². The first-order valence-corrected chi connectivity index (χ1v) is 8.04. The molecule has 1 aromatic rings. The Kier molecular flexibility index (Phi) is 5.39. The van der Waals surface area contributed by atoms with Crippen molar-refractivity contribution in [1.29, 1.82) is 0 Å². The Morgan fingerprint density at radius 2 is 1.87 bits per heavy atom. The minimum Gasteiger partial charge on any atom is -0.450 e. The molecule has 1 unspecified atom stereocenters. The van der Waals surface area contributed by atoms with Crippen LogP contribution in [-0.2, 0) is 14.3 Å². The number of halogens is 1. The second-order valence-corrected chi connectivity index (χ2v) is 6.60. The number of carbonyl (C=O) groups excluding carboxylic acids is 2. The van der Waals surface area contributed by atoms with Crippen LogP contribution in [0.5, 0.6) is 0 Å². The summed E-state index contributed by atoms with van der Waals surface area (Å²) < 4.78 is 18.3. The van der Waals surface area contributed by atoms with Crippen LogP contribution < -0.4 is 0 Å². The van der Waals surface area contributed by atoms with E-state index in [0.29, 0.717) is 13.1 Å². The van der Waals surface area contributed by atoms with Crippen molar-refractivity contribution in [2.75, 3.05) is 13.1 Å². The van der Waals surface area contributed by atoms with Gasteiger partial charge < -0.3 is 9.64 Å². The molecule has 0 N–H and O–H groups in total. The van der Waals surface area contributed by atoms with Gasteiger partial charge >= 0.3 is 5.97 Å². The summed E-state index contributed by atoms with van der Waals surface area (Å²) in [5.74, 6) is -0.726. The van der Waals surface area contributed by atoms with Gasteiger partial charge in [-0.2, -0.15) is 0 Å². The Labute approximate surface area is 136 Å². The Morgan fingerprint density at radius 1 is 1.22 bits per heavy atom. The average molecular weight is 321 g/mol. The van der Waals surface area contributed by atoms with Crippen LogP contribution in [-0.4, -0.2) is 35.5 Å². The first-order chi connectivity index (χ1) is 10.8. The van der Waals surface area contributed by atoms with Crippen molar-refractivity contribution < 1.29 is 18.7 Å². The third-order valence-corrected chi connectivity index (χ3v) is 4.21. The molecule has 0 spiro atoms. The van der Waals surface area contributed by atoms with Gasteiger partial charge in [0.2, 0.25) is 0 Å². The van der Waals surface area contributed by atoms with E-state index in [0.717, 1.165) is 24.8 Å². The van der Waals surface area contributed by atoms with Gasteiger partial charge in [0, 0.05) is 25.9 Å². The summed E-state index contributed by atoms with van der Waals surface area (Å²) in [6.45, 7) is 5.76. The summed E-state index contributed by atoms with van der Waals surface area (Å²) >= 11 is 0. The first-order valence-electron chi connectivity index (χ1n) is 8.04. The number of amides is 1. The molecule has 4 nitrogen and oxygen atoms in total. The van der Waals surface area contributed by atoms with Crippen molar-refractivity contribution in [3.05, 3.63) is 35.6 Å². The molecule has 0 radical (unpaired) electrons. The number of rotatable bonds is 3. The van der Waals surface area contributed by atoms with Crippen molar-refractivity contribution in [2.24, 2.45) is 0 Å². The summed E-state index contributed by atoms with van der Waals surface area (Å²) in [6.07, 6.45) is 2.89. The zero-order valence-electron chi connectivity index (χ0n) is 14.0. The smallest absolute Gasteiger partial charge is 0.303 e. The fraction of sp³-hybridized carbons (Fsp3) is 0.556. The van der Waals surface area contributed by atoms with Crippen LogP contribution in [0.3, 0.4) is 0 Å². The Balaban J connectivity index is 2.14. The predicted molar refractivity (Wildman–Crippen MR) is 85.4 cm³/mol. The molecule has 1 amide bonds. The summed E-state index contributed by atoms with van der Waals surface area (Å²) in [5, 5.41) is 0.